The smallest absolute Gasteiger partial charge is 0.264 e. The molecule has 4 nitrogen and oxygen atoms in total. The fourth-order valence-corrected chi connectivity index (χ4v) is 2.70. The molecule has 5 heteroatoms. The Hall–Kier alpha value is -2.84. The molecule has 2 aromatic rings. The minimum absolute atomic E-state index is 0.0908. The highest BCUT2D eigenvalue weighted by atomic mass is 79.9. The van der Waals surface area contributed by atoms with Gasteiger partial charge in [0.1, 0.15) is 24.0 Å². The Bertz CT molecular complexity index is 894. The van der Waals surface area contributed by atoms with Crippen LogP contribution in [-0.2, 0) is 17.8 Å². The van der Waals surface area contributed by atoms with Crippen LogP contribution in [0.2, 0.25) is 0 Å². The van der Waals surface area contributed by atoms with Gasteiger partial charge in [0.05, 0.1) is 0 Å². The lowest BCUT2D eigenvalue weighted by Gasteiger charge is -2.12. The average molecular weight is 425 g/mol. The molecule has 0 saturated heterocycles. The number of amides is 1. The zero-order valence-corrected chi connectivity index (χ0v) is 17.0. The van der Waals surface area contributed by atoms with Crippen LogP contribution >= 0.6 is 15.9 Å². The van der Waals surface area contributed by atoms with E-state index in [1.54, 1.807) is 26.2 Å². The first kappa shape index (κ1) is 20.5. The van der Waals surface area contributed by atoms with E-state index in [0.29, 0.717) is 13.0 Å². The lowest BCUT2D eigenvalue weighted by molar-refractivity contribution is -0.124. The number of hydrogen-bond acceptors (Lipinski definition) is 3. The van der Waals surface area contributed by atoms with Gasteiger partial charge in [0.25, 0.3) is 5.91 Å². The highest BCUT2D eigenvalue weighted by molar-refractivity contribution is 9.10. The molecule has 0 atom stereocenters. The van der Waals surface area contributed by atoms with Gasteiger partial charge in [-0.2, -0.15) is 5.26 Å². The van der Waals surface area contributed by atoms with Crippen molar-refractivity contribution < 1.29 is 9.53 Å². The summed E-state index contributed by atoms with van der Waals surface area (Å²) in [5, 5.41) is 9.25. The predicted octanol–water partition coefficient (Wildman–Crippen LogP) is 4.75. The van der Waals surface area contributed by atoms with Crippen molar-refractivity contribution in [2.75, 3.05) is 14.1 Å². The molecule has 0 aliphatic heterocycles. The number of nitrogens with zero attached hydrogens (tertiary/aromatic N) is 2. The molecular weight excluding hydrogens is 404 g/mol. The van der Waals surface area contributed by atoms with Crippen LogP contribution in [0, 0.1) is 11.3 Å². The molecule has 0 aliphatic carbocycles. The number of carbonyl (C=O) groups is 1. The molecule has 0 unspecified atom stereocenters. The van der Waals surface area contributed by atoms with E-state index in [4.69, 9.17) is 4.74 Å². The van der Waals surface area contributed by atoms with Crippen LogP contribution in [0.5, 0.6) is 5.75 Å². The quantitative estimate of drug-likeness (QED) is 0.366. The van der Waals surface area contributed by atoms with E-state index in [1.165, 1.54) is 4.90 Å². The van der Waals surface area contributed by atoms with Crippen molar-refractivity contribution in [2.45, 2.75) is 13.0 Å². The fourth-order valence-electron chi connectivity index (χ4n) is 2.44. The molecule has 0 spiro atoms. The molecule has 0 fully saturated rings. The number of carbonyl (C=O) groups excluding carboxylic acids is 1. The Balaban J connectivity index is 2.25. The number of rotatable bonds is 7. The summed E-state index contributed by atoms with van der Waals surface area (Å²) in [5.74, 6) is 0.436. The van der Waals surface area contributed by atoms with Gasteiger partial charge in [-0.15, -0.1) is 6.58 Å². The van der Waals surface area contributed by atoms with Crippen molar-refractivity contribution >= 4 is 27.9 Å². The maximum atomic E-state index is 12.0. The first-order valence-corrected chi connectivity index (χ1v) is 9.18. The fraction of sp³-hybridized carbons (Fsp3) is 0.182. The Labute approximate surface area is 168 Å². The number of likely N-dealkylation sites (N-methyl/N-ethyl adjacent to an activating group) is 1. The molecule has 27 heavy (non-hydrogen) atoms. The highest BCUT2D eigenvalue weighted by Crippen LogP contribution is 2.24. The third-order valence-electron chi connectivity index (χ3n) is 3.82. The second-order valence-electron chi connectivity index (χ2n) is 6.14. The minimum atomic E-state index is -0.321. The van der Waals surface area contributed by atoms with Gasteiger partial charge in [0.2, 0.25) is 0 Å². The van der Waals surface area contributed by atoms with Gasteiger partial charge >= 0.3 is 0 Å². The molecule has 0 radical (unpaired) electrons. The van der Waals surface area contributed by atoms with Crippen LogP contribution in [0.4, 0.5) is 0 Å². The van der Waals surface area contributed by atoms with Crippen molar-refractivity contribution in [3.63, 3.8) is 0 Å². The summed E-state index contributed by atoms with van der Waals surface area (Å²) in [7, 11) is 3.24. The maximum absolute atomic E-state index is 12.0. The van der Waals surface area contributed by atoms with Gasteiger partial charge in [0, 0.05) is 18.6 Å². The third kappa shape index (κ3) is 5.83. The molecule has 0 heterocycles. The van der Waals surface area contributed by atoms with E-state index >= 15 is 0 Å². The van der Waals surface area contributed by atoms with Crippen LogP contribution in [-0.4, -0.2) is 24.9 Å². The summed E-state index contributed by atoms with van der Waals surface area (Å²) < 4.78 is 6.99. The van der Waals surface area contributed by atoms with Gasteiger partial charge in [-0.1, -0.05) is 40.2 Å². The molecule has 0 aliphatic rings. The van der Waals surface area contributed by atoms with Crippen molar-refractivity contribution in [1.82, 2.24) is 4.90 Å². The summed E-state index contributed by atoms with van der Waals surface area (Å²) in [4.78, 5) is 13.4. The average Bonchev–Trinajstić information content (AvgIpc) is 2.66. The molecular formula is C22H21BrN2O2. The van der Waals surface area contributed by atoms with E-state index in [0.717, 1.165) is 26.9 Å². The van der Waals surface area contributed by atoms with Crippen molar-refractivity contribution in [3.8, 4) is 11.8 Å². The monoisotopic (exact) mass is 424 g/mol. The van der Waals surface area contributed by atoms with Gasteiger partial charge in [-0.3, -0.25) is 4.79 Å². The van der Waals surface area contributed by atoms with Crippen molar-refractivity contribution in [2.24, 2.45) is 0 Å². The van der Waals surface area contributed by atoms with E-state index < -0.39 is 0 Å². The van der Waals surface area contributed by atoms with Gasteiger partial charge in [-0.25, -0.2) is 0 Å². The Morgan fingerprint density at radius 1 is 1.26 bits per heavy atom. The van der Waals surface area contributed by atoms with Crippen molar-refractivity contribution in [1.29, 1.82) is 5.26 Å². The largest absolute Gasteiger partial charge is 0.489 e. The number of ether oxygens (including phenoxy) is 1. The number of halogens is 1. The summed E-state index contributed by atoms with van der Waals surface area (Å²) in [6.45, 7) is 4.25. The lowest BCUT2D eigenvalue weighted by atomic mass is 10.0. The summed E-state index contributed by atoms with van der Waals surface area (Å²) >= 11 is 3.42. The summed E-state index contributed by atoms with van der Waals surface area (Å²) in [6, 6.07) is 15.5. The van der Waals surface area contributed by atoms with Gasteiger partial charge < -0.3 is 9.64 Å². The summed E-state index contributed by atoms with van der Waals surface area (Å²) in [5.41, 5.74) is 2.88. The van der Waals surface area contributed by atoms with Crippen LogP contribution in [0.1, 0.15) is 16.7 Å². The molecule has 138 valence electrons. The molecule has 2 rings (SSSR count). The second-order valence-corrected chi connectivity index (χ2v) is 7.06. The topological polar surface area (TPSA) is 53.3 Å². The standard InChI is InChI=1S/C22H21BrN2O2/c1-4-5-18-12-17(13-19(14-24)22(26)25(2)3)8-11-21(18)27-15-16-6-9-20(23)10-7-16/h4,6-13H,1,5,15H2,2-3H3/b19-13-. The molecule has 0 saturated carbocycles. The second kappa shape index (κ2) is 9.75. The number of nitriles is 1. The Morgan fingerprint density at radius 3 is 2.56 bits per heavy atom. The van der Waals surface area contributed by atoms with Crippen LogP contribution in [0.3, 0.4) is 0 Å². The molecule has 0 N–H and O–H groups in total. The number of allylic oxidation sites excluding steroid dienone is 1. The zero-order chi connectivity index (χ0) is 19.8. The normalized spacial score (nSPS) is 10.8. The first-order valence-electron chi connectivity index (χ1n) is 8.39. The van der Waals surface area contributed by atoms with Gasteiger partial charge in [0.15, 0.2) is 0 Å². The zero-order valence-electron chi connectivity index (χ0n) is 15.4. The maximum Gasteiger partial charge on any atom is 0.264 e. The third-order valence-corrected chi connectivity index (χ3v) is 4.35. The Morgan fingerprint density at radius 2 is 1.96 bits per heavy atom. The van der Waals surface area contributed by atoms with Crippen LogP contribution in [0.25, 0.3) is 6.08 Å². The Kier molecular flexibility index (Phi) is 7.39. The molecule has 0 bridgehead atoms. The van der Waals surface area contributed by atoms with Gasteiger partial charge in [-0.05, 0) is 53.5 Å². The van der Waals surface area contributed by atoms with E-state index in [2.05, 4.69) is 22.5 Å². The van der Waals surface area contributed by atoms with E-state index in [-0.39, 0.29) is 11.5 Å². The minimum Gasteiger partial charge on any atom is -0.489 e. The SMILES string of the molecule is C=CCc1cc(/C=C(/C#N)C(=O)N(C)C)ccc1OCc1ccc(Br)cc1. The number of hydrogen-bond donors (Lipinski definition) is 0. The molecule has 2 aromatic carbocycles. The first-order chi connectivity index (χ1) is 12.9. The van der Waals surface area contributed by atoms with E-state index in [9.17, 15) is 10.1 Å². The van der Waals surface area contributed by atoms with Crippen LogP contribution < -0.4 is 4.74 Å². The summed E-state index contributed by atoms with van der Waals surface area (Å²) in [6.07, 6.45) is 4.01. The highest BCUT2D eigenvalue weighted by Gasteiger charge is 2.12. The van der Waals surface area contributed by atoms with Crippen molar-refractivity contribution in [3.05, 3.63) is 81.9 Å². The van der Waals surface area contributed by atoms with E-state index in [1.807, 2.05) is 48.5 Å². The number of benzene rings is 2. The molecule has 0 aromatic heterocycles. The predicted molar refractivity (Wildman–Crippen MR) is 111 cm³/mol. The molecule has 1 amide bonds. The lowest BCUT2D eigenvalue weighted by Crippen LogP contribution is -2.22. The van der Waals surface area contributed by atoms with Crippen LogP contribution in [0.15, 0.2) is 65.2 Å².